The SMILES string of the molecule is Cc1cccc(OCc2nnc(SCC(=O)Nc3cccc(Cl)c3)o2)c1. The van der Waals surface area contributed by atoms with E-state index in [1.165, 1.54) is 0 Å². The summed E-state index contributed by atoms with van der Waals surface area (Å²) in [5.74, 6) is 1.04. The molecule has 8 heteroatoms. The largest absolute Gasteiger partial charge is 0.484 e. The molecule has 0 aliphatic heterocycles. The number of rotatable bonds is 7. The van der Waals surface area contributed by atoms with Crippen molar-refractivity contribution in [2.45, 2.75) is 18.8 Å². The lowest BCUT2D eigenvalue weighted by atomic mass is 10.2. The predicted molar refractivity (Wildman–Crippen MR) is 101 cm³/mol. The summed E-state index contributed by atoms with van der Waals surface area (Å²) in [7, 11) is 0. The smallest absolute Gasteiger partial charge is 0.277 e. The summed E-state index contributed by atoms with van der Waals surface area (Å²) in [6, 6.07) is 14.6. The Hall–Kier alpha value is -2.51. The molecule has 0 aliphatic rings. The normalized spacial score (nSPS) is 10.5. The molecular formula is C18H16ClN3O3S. The summed E-state index contributed by atoms with van der Waals surface area (Å²) in [6.45, 7) is 2.16. The quantitative estimate of drug-likeness (QED) is 0.605. The van der Waals surface area contributed by atoms with E-state index in [1.807, 2.05) is 31.2 Å². The Morgan fingerprint density at radius 1 is 1.23 bits per heavy atom. The van der Waals surface area contributed by atoms with Crippen LogP contribution in [0.3, 0.4) is 0 Å². The molecule has 26 heavy (non-hydrogen) atoms. The van der Waals surface area contributed by atoms with Crippen molar-refractivity contribution in [3.05, 3.63) is 65.0 Å². The molecular weight excluding hydrogens is 374 g/mol. The van der Waals surface area contributed by atoms with Crippen LogP contribution in [0.15, 0.2) is 58.2 Å². The van der Waals surface area contributed by atoms with Crippen molar-refractivity contribution in [2.75, 3.05) is 11.1 Å². The lowest BCUT2D eigenvalue weighted by Gasteiger charge is -2.04. The van der Waals surface area contributed by atoms with Crippen LogP contribution in [-0.2, 0) is 11.4 Å². The molecule has 0 saturated heterocycles. The van der Waals surface area contributed by atoms with E-state index in [1.54, 1.807) is 24.3 Å². The molecule has 3 aromatic rings. The first kappa shape index (κ1) is 18.3. The predicted octanol–water partition coefficient (Wildman–Crippen LogP) is 4.34. The van der Waals surface area contributed by atoms with E-state index < -0.39 is 0 Å². The molecule has 3 rings (SSSR count). The number of amides is 1. The fourth-order valence-electron chi connectivity index (χ4n) is 2.10. The summed E-state index contributed by atoms with van der Waals surface area (Å²) in [4.78, 5) is 12.0. The maximum Gasteiger partial charge on any atom is 0.277 e. The number of hydrogen-bond donors (Lipinski definition) is 1. The maximum absolute atomic E-state index is 12.0. The molecule has 6 nitrogen and oxygen atoms in total. The molecule has 1 aromatic heterocycles. The van der Waals surface area contributed by atoms with E-state index in [0.29, 0.717) is 21.8 Å². The lowest BCUT2D eigenvalue weighted by molar-refractivity contribution is -0.113. The average molecular weight is 390 g/mol. The van der Waals surface area contributed by atoms with Crippen LogP contribution in [0.5, 0.6) is 5.75 Å². The number of halogens is 1. The van der Waals surface area contributed by atoms with Crippen molar-refractivity contribution in [1.82, 2.24) is 10.2 Å². The number of nitrogens with one attached hydrogen (secondary N) is 1. The van der Waals surface area contributed by atoms with Gasteiger partial charge in [-0.05, 0) is 42.8 Å². The topological polar surface area (TPSA) is 77.2 Å². The van der Waals surface area contributed by atoms with Crippen LogP contribution in [0.1, 0.15) is 11.5 Å². The Morgan fingerprint density at radius 3 is 2.88 bits per heavy atom. The minimum absolute atomic E-state index is 0.146. The molecule has 0 aliphatic carbocycles. The summed E-state index contributed by atoms with van der Waals surface area (Å²) in [5.41, 5.74) is 1.75. The molecule has 2 aromatic carbocycles. The highest BCUT2D eigenvalue weighted by Gasteiger charge is 2.11. The number of carbonyl (C=O) groups excluding carboxylic acids is 1. The van der Waals surface area contributed by atoms with Gasteiger partial charge < -0.3 is 14.5 Å². The summed E-state index contributed by atoms with van der Waals surface area (Å²) < 4.78 is 11.1. The summed E-state index contributed by atoms with van der Waals surface area (Å²) in [5, 5.41) is 11.4. The van der Waals surface area contributed by atoms with Gasteiger partial charge in [0.15, 0.2) is 6.61 Å². The third kappa shape index (κ3) is 5.50. The number of anilines is 1. The molecule has 0 saturated carbocycles. The van der Waals surface area contributed by atoms with Gasteiger partial charge >= 0.3 is 0 Å². The zero-order valence-corrected chi connectivity index (χ0v) is 15.5. The first-order chi connectivity index (χ1) is 12.6. The third-order valence-corrected chi connectivity index (χ3v) is 4.29. The van der Waals surface area contributed by atoms with Crippen LogP contribution in [-0.4, -0.2) is 21.9 Å². The number of aromatic nitrogens is 2. The Kier molecular flexibility index (Phi) is 6.14. The van der Waals surface area contributed by atoms with Crippen LogP contribution >= 0.6 is 23.4 Å². The van der Waals surface area contributed by atoms with Crippen molar-refractivity contribution in [3.8, 4) is 5.75 Å². The van der Waals surface area contributed by atoms with Gasteiger partial charge in [0.25, 0.3) is 11.1 Å². The van der Waals surface area contributed by atoms with E-state index in [-0.39, 0.29) is 18.3 Å². The minimum atomic E-state index is -0.187. The molecule has 0 unspecified atom stereocenters. The van der Waals surface area contributed by atoms with Gasteiger partial charge in [-0.15, -0.1) is 10.2 Å². The number of thioether (sulfide) groups is 1. The molecule has 134 valence electrons. The fourth-order valence-corrected chi connectivity index (χ4v) is 2.87. The molecule has 0 bridgehead atoms. The van der Waals surface area contributed by atoms with Crippen molar-refractivity contribution < 1.29 is 13.9 Å². The van der Waals surface area contributed by atoms with Crippen LogP contribution in [0.2, 0.25) is 5.02 Å². The zero-order chi connectivity index (χ0) is 18.4. The molecule has 1 heterocycles. The number of benzene rings is 2. The van der Waals surface area contributed by atoms with Crippen molar-refractivity contribution in [3.63, 3.8) is 0 Å². The molecule has 0 fully saturated rings. The number of carbonyl (C=O) groups is 1. The Labute approximate surface area is 159 Å². The molecule has 0 spiro atoms. The third-order valence-electron chi connectivity index (χ3n) is 3.24. The number of hydrogen-bond acceptors (Lipinski definition) is 6. The van der Waals surface area contributed by atoms with Gasteiger partial charge in [0.05, 0.1) is 5.75 Å². The Bertz CT molecular complexity index is 901. The molecule has 1 amide bonds. The van der Waals surface area contributed by atoms with Gasteiger partial charge in [-0.25, -0.2) is 0 Å². The number of nitrogens with zero attached hydrogens (tertiary/aromatic N) is 2. The van der Waals surface area contributed by atoms with Crippen LogP contribution in [0.25, 0.3) is 0 Å². The Morgan fingerprint density at radius 2 is 2.08 bits per heavy atom. The fraction of sp³-hybridized carbons (Fsp3) is 0.167. The first-order valence-electron chi connectivity index (χ1n) is 7.78. The molecule has 0 atom stereocenters. The van der Waals surface area contributed by atoms with Gasteiger partial charge in [-0.2, -0.15) is 0 Å². The summed E-state index contributed by atoms with van der Waals surface area (Å²) in [6.07, 6.45) is 0. The van der Waals surface area contributed by atoms with E-state index in [9.17, 15) is 4.79 Å². The van der Waals surface area contributed by atoms with Crippen molar-refractivity contribution in [1.29, 1.82) is 0 Å². The minimum Gasteiger partial charge on any atom is -0.484 e. The second-order valence-electron chi connectivity index (χ2n) is 5.41. The highest BCUT2D eigenvalue weighted by molar-refractivity contribution is 7.99. The van der Waals surface area contributed by atoms with E-state index in [2.05, 4.69) is 15.5 Å². The van der Waals surface area contributed by atoms with Crippen LogP contribution in [0, 0.1) is 6.92 Å². The second kappa shape index (κ2) is 8.73. The first-order valence-corrected chi connectivity index (χ1v) is 9.15. The highest BCUT2D eigenvalue weighted by Crippen LogP contribution is 2.19. The van der Waals surface area contributed by atoms with Crippen molar-refractivity contribution in [2.24, 2.45) is 0 Å². The van der Waals surface area contributed by atoms with Gasteiger partial charge in [-0.3, -0.25) is 4.79 Å². The molecule has 1 N–H and O–H groups in total. The number of aryl methyl sites for hydroxylation is 1. The van der Waals surface area contributed by atoms with Gasteiger partial charge in [0.2, 0.25) is 5.91 Å². The average Bonchev–Trinajstić information content (AvgIpc) is 3.06. The number of ether oxygens (including phenoxy) is 1. The van der Waals surface area contributed by atoms with Crippen LogP contribution in [0.4, 0.5) is 5.69 Å². The van der Waals surface area contributed by atoms with Crippen LogP contribution < -0.4 is 10.1 Å². The second-order valence-corrected chi connectivity index (χ2v) is 6.78. The van der Waals surface area contributed by atoms with E-state index in [0.717, 1.165) is 23.1 Å². The monoisotopic (exact) mass is 389 g/mol. The van der Waals surface area contributed by atoms with E-state index >= 15 is 0 Å². The van der Waals surface area contributed by atoms with Gasteiger partial charge in [-0.1, -0.05) is 41.6 Å². The van der Waals surface area contributed by atoms with Gasteiger partial charge in [0, 0.05) is 10.7 Å². The van der Waals surface area contributed by atoms with Crippen molar-refractivity contribution >= 4 is 35.0 Å². The standard InChI is InChI=1S/C18H16ClN3O3S/c1-12-4-2-7-15(8-12)24-10-17-21-22-18(25-17)26-11-16(23)20-14-6-3-5-13(19)9-14/h2-9H,10-11H2,1H3,(H,20,23). The lowest BCUT2D eigenvalue weighted by Crippen LogP contribution is -2.13. The highest BCUT2D eigenvalue weighted by atomic mass is 35.5. The zero-order valence-electron chi connectivity index (χ0n) is 13.9. The van der Waals surface area contributed by atoms with E-state index in [4.69, 9.17) is 20.8 Å². The Balaban J connectivity index is 1.46. The maximum atomic E-state index is 12.0. The summed E-state index contributed by atoms with van der Waals surface area (Å²) >= 11 is 7.04. The molecule has 0 radical (unpaired) electrons. The van der Waals surface area contributed by atoms with Gasteiger partial charge in [0.1, 0.15) is 5.75 Å².